The average Bonchev–Trinajstić information content (AvgIpc) is 2.93. The molecule has 5 atom stereocenters. The lowest BCUT2D eigenvalue weighted by Crippen LogP contribution is -2.59. The maximum absolute atomic E-state index is 13.2. The zero-order valence-electron chi connectivity index (χ0n) is 26.9. The molecule has 0 aromatic carbocycles. The van der Waals surface area contributed by atoms with Crippen molar-refractivity contribution in [2.24, 2.45) is 17.8 Å². The van der Waals surface area contributed by atoms with Gasteiger partial charge < -0.3 is 14.8 Å². The second kappa shape index (κ2) is 20.0. The van der Waals surface area contributed by atoms with Gasteiger partial charge in [-0.3, -0.25) is 4.79 Å². The quantitative estimate of drug-likeness (QED) is 0.115. The van der Waals surface area contributed by atoms with Crippen molar-refractivity contribution in [1.29, 1.82) is 0 Å². The molecule has 2 aliphatic rings. The number of hydrogen-bond acceptors (Lipinski definition) is 5. The van der Waals surface area contributed by atoms with Crippen LogP contribution in [0.15, 0.2) is 11.3 Å². The summed E-state index contributed by atoms with van der Waals surface area (Å²) in [6.45, 7) is 10.7. The summed E-state index contributed by atoms with van der Waals surface area (Å²) in [5.41, 5.74) is 1.74. The summed E-state index contributed by atoms with van der Waals surface area (Å²) in [5, 5.41) is 2.88. The molecule has 0 bridgehead atoms. The summed E-state index contributed by atoms with van der Waals surface area (Å²) >= 11 is 0. The van der Waals surface area contributed by atoms with Gasteiger partial charge in [0.25, 0.3) is 6.47 Å². The van der Waals surface area contributed by atoms with Gasteiger partial charge in [0.1, 0.15) is 6.10 Å². The highest BCUT2D eigenvalue weighted by Crippen LogP contribution is 2.45. The zero-order chi connectivity index (χ0) is 30.0. The Morgan fingerprint density at radius 3 is 2.12 bits per heavy atom. The summed E-state index contributed by atoms with van der Waals surface area (Å²) in [4.78, 5) is 38.7. The monoisotopic (exact) mass is 576 g/mol. The highest BCUT2D eigenvalue weighted by Gasteiger charge is 2.47. The SMILES string of the molecule is CCCCCCCCCCCCCCCC1CCCC(C)C1C1C(CC(C)OC=O)=C(C)NC(=O)N1C(=O)OCC. The third-order valence-corrected chi connectivity index (χ3v) is 9.37. The normalized spacial score (nSPS) is 23.7. The molecule has 1 fully saturated rings. The van der Waals surface area contributed by atoms with Gasteiger partial charge in [0.15, 0.2) is 0 Å². The lowest BCUT2D eigenvalue weighted by Gasteiger charge is -2.48. The van der Waals surface area contributed by atoms with Crippen LogP contribution in [-0.2, 0) is 14.3 Å². The first-order valence-electron chi connectivity index (χ1n) is 16.9. The third kappa shape index (κ3) is 11.6. The van der Waals surface area contributed by atoms with Crippen molar-refractivity contribution in [2.45, 2.75) is 162 Å². The molecule has 3 amide bonds. The zero-order valence-corrected chi connectivity index (χ0v) is 26.9. The van der Waals surface area contributed by atoms with E-state index in [0.717, 1.165) is 30.5 Å². The van der Waals surface area contributed by atoms with Crippen molar-refractivity contribution in [3.05, 3.63) is 11.3 Å². The number of urea groups is 1. The van der Waals surface area contributed by atoms with Crippen molar-refractivity contribution in [3.8, 4) is 0 Å². The van der Waals surface area contributed by atoms with Gasteiger partial charge in [-0.25, -0.2) is 14.5 Å². The molecule has 0 aromatic rings. The molecule has 7 nitrogen and oxygen atoms in total. The summed E-state index contributed by atoms with van der Waals surface area (Å²) in [5.74, 6) is 0.961. The van der Waals surface area contributed by atoms with Gasteiger partial charge in [-0.1, -0.05) is 123 Å². The van der Waals surface area contributed by atoms with Crippen molar-refractivity contribution >= 4 is 18.6 Å². The predicted molar refractivity (Wildman–Crippen MR) is 165 cm³/mol. The number of carbonyl (C=O) groups is 3. The summed E-state index contributed by atoms with van der Waals surface area (Å²) in [6, 6.07) is -0.807. The molecule has 7 heteroatoms. The molecule has 0 radical (unpaired) electrons. The van der Waals surface area contributed by atoms with E-state index in [4.69, 9.17) is 9.47 Å². The summed E-state index contributed by atoms with van der Waals surface area (Å²) in [6.07, 6.45) is 21.5. The average molecular weight is 577 g/mol. The van der Waals surface area contributed by atoms with Gasteiger partial charge >= 0.3 is 12.1 Å². The molecular formula is C34H60N2O5. The van der Waals surface area contributed by atoms with E-state index in [2.05, 4.69) is 19.2 Å². The number of hydrogen-bond donors (Lipinski definition) is 1. The van der Waals surface area contributed by atoms with Crippen LogP contribution in [0.5, 0.6) is 0 Å². The van der Waals surface area contributed by atoms with Gasteiger partial charge in [-0.15, -0.1) is 0 Å². The molecule has 0 spiro atoms. The molecule has 0 aromatic heterocycles. The Bertz CT molecular complexity index is 813. The molecule has 1 aliphatic heterocycles. The van der Waals surface area contributed by atoms with Gasteiger partial charge in [0.05, 0.1) is 12.6 Å². The molecule has 1 aliphatic carbocycles. The first-order valence-corrected chi connectivity index (χ1v) is 16.9. The van der Waals surface area contributed by atoms with Crippen LogP contribution in [0, 0.1) is 17.8 Å². The Morgan fingerprint density at radius 1 is 0.976 bits per heavy atom. The first-order chi connectivity index (χ1) is 19.8. The topological polar surface area (TPSA) is 84.9 Å². The van der Waals surface area contributed by atoms with Crippen LogP contribution in [0.4, 0.5) is 9.59 Å². The molecular weight excluding hydrogens is 516 g/mol. The highest BCUT2D eigenvalue weighted by atomic mass is 16.6. The Morgan fingerprint density at radius 2 is 1.56 bits per heavy atom. The number of allylic oxidation sites excluding steroid dienone is 1. The molecule has 0 saturated heterocycles. The number of carbonyl (C=O) groups excluding carboxylic acids is 3. The Labute approximate surface area is 250 Å². The standard InChI is InChI=1S/C34H60N2O5/c1-6-8-9-10-11-12-13-14-15-16-17-18-19-22-29-23-20-21-26(3)31(29)32-30(24-27(4)41-25-37)28(5)35-33(38)36(32)34(39)40-7-2/h25-27,29,31-32H,6-24H2,1-5H3,(H,35,38). The van der Waals surface area contributed by atoms with E-state index < -0.39 is 12.1 Å². The third-order valence-electron chi connectivity index (χ3n) is 9.37. The number of amides is 3. The van der Waals surface area contributed by atoms with Gasteiger partial charge in [0.2, 0.25) is 0 Å². The lowest BCUT2D eigenvalue weighted by molar-refractivity contribution is -0.132. The number of ether oxygens (including phenoxy) is 2. The van der Waals surface area contributed by atoms with Gasteiger partial charge in [-0.2, -0.15) is 0 Å². The van der Waals surface area contributed by atoms with Crippen molar-refractivity contribution < 1.29 is 23.9 Å². The minimum Gasteiger partial charge on any atom is -0.465 e. The van der Waals surface area contributed by atoms with E-state index in [9.17, 15) is 14.4 Å². The number of unbranched alkanes of at least 4 members (excludes halogenated alkanes) is 12. The smallest absolute Gasteiger partial charge is 0.418 e. The van der Waals surface area contributed by atoms with Crippen LogP contribution in [0.1, 0.15) is 150 Å². The largest absolute Gasteiger partial charge is 0.465 e. The van der Waals surface area contributed by atoms with Gasteiger partial charge in [-0.05, 0) is 44.1 Å². The molecule has 1 heterocycles. The maximum atomic E-state index is 13.2. The Balaban J connectivity index is 2.00. The molecule has 236 valence electrons. The summed E-state index contributed by atoms with van der Waals surface area (Å²) < 4.78 is 10.6. The van der Waals surface area contributed by atoms with E-state index in [-0.39, 0.29) is 24.7 Å². The minimum atomic E-state index is -0.596. The highest BCUT2D eigenvalue weighted by molar-refractivity contribution is 5.93. The van der Waals surface area contributed by atoms with Crippen LogP contribution in [-0.4, -0.2) is 42.2 Å². The summed E-state index contributed by atoms with van der Waals surface area (Å²) in [7, 11) is 0. The fraction of sp³-hybridized carbons (Fsp3) is 0.853. The van der Waals surface area contributed by atoms with E-state index >= 15 is 0 Å². The van der Waals surface area contributed by atoms with Crippen LogP contribution in [0.2, 0.25) is 0 Å². The van der Waals surface area contributed by atoms with E-state index in [0.29, 0.717) is 24.7 Å². The maximum Gasteiger partial charge on any atom is 0.418 e. The van der Waals surface area contributed by atoms with Crippen LogP contribution in [0.25, 0.3) is 0 Å². The molecule has 1 N–H and O–H groups in total. The van der Waals surface area contributed by atoms with Crippen molar-refractivity contribution in [2.75, 3.05) is 6.61 Å². The second-order valence-electron chi connectivity index (χ2n) is 12.6. The second-order valence-corrected chi connectivity index (χ2v) is 12.6. The predicted octanol–water partition coefficient (Wildman–Crippen LogP) is 9.30. The number of imide groups is 1. The van der Waals surface area contributed by atoms with Gasteiger partial charge in [0, 0.05) is 12.1 Å². The fourth-order valence-corrected chi connectivity index (χ4v) is 7.21. The molecule has 1 saturated carbocycles. The van der Waals surface area contributed by atoms with E-state index in [1.165, 1.54) is 94.8 Å². The molecule has 5 unspecified atom stereocenters. The molecule has 41 heavy (non-hydrogen) atoms. The first kappa shape index (κ1) is 35.1. The lowest BCUT2D eigenvalue weighted by atomic mass is 9.65. The molecule has 2 rings (SSSR count). The fourth-order valence-electron chi connectivity index (χ4n) is 7.21. The van der Waals surface area contributed by atoms with Crippen molar-refractivity contribution in [1.82, 2.24) is 10.2 Å². The van der Waals surface area contributed by atoms with E-state index in [1.807, 2.05) is 13.8 Å². The Kier molecular flexibility index (Phi) is 17.1. The number of rotatable bonds is 20. The van der Waals surface area contributed by atoms with Crippen LogP contribution in [0.3, 0.4) is 0 Å². The van der Waals surface area contributed by atoms with Crippen LogP contribution >= 0.6 is 0 Å². The number of nitrogens with zero attached hydrogens (tertiary/aromatic N) is 1. The van der Waals surface area contributed by atoms with Crippen LogP contribution < -0.4 is 5.32 Å². The Hall–Kier alpha value is -2.05. The number of nitrogens with one attached hydrogen (secondary N) is 1. The minimum absolute atomic E-state index is 0.157. The van der Waals surface area contributed by atoms with Crippen molar-refractivity contribution in [3.63, 3.8) is 0 Å². The van der Waals surface area contributed by atoms with E-state index in [1.54, 1.807) is 6.92 Å².